The molecule has 0 radical (unpaired) electrons. The molecule has 2 aromatic rings. The highest BCUT2D eigenvalue weighted by molar-refractivity contribution is 5.34. The van der Waals surface area contributed by atoms with Crippen molar-refractivity contribution in [2.45, 2.75) is 25.4 Å². The normalized spacial score (nSPS) is 14.3. The van der Waals surface area contributed by atoms with Crippen molar-refractivity contribution in [3.63, 3.8) is 0 Å². The van der Waals surface area contributed by atoms with E-state index >= 15 is 0 Å². The second-order valence-corrected chi connectivity index (χ2v) is 4.98. The van der Waals surface area contributed by atoms with Crippen LogP contribution in [-0.2, 0) is 6.54 Å². The maximum atomic E-state index is 13.5. The van der Waals surface area contributed by atoms with Gasteiger partial charge in [-0.3, -0.25) is 0 Å². The molecule has 0 aromatic heterocycles. The summed E-state index contributed by atoms with van der Waals surface area (Å²) >= 11 is 0. The van der Waals surface area contributed by atoms with E-state index in [2.05, 4.69) is 5.32 Å². The molecule has 0 bridgehead atoms. The Bertz CT molecular complexity index is 611. The number of benzene rings is 2. The number of ether oxygens (including phenoxy) is 1. The summed E-state index contributed by atoms with van der Waals surface area (Å²) in [7, 11) is 0. The van der Waals surface area contributed by atoms with E-state index < -0.39 is 11.6 Å². The first-order valence-corrected chi connectivity index (χ1v) is 6.66. The van der Waals surface area contributed by atoms with Crippen LogP contribution in [0.25, 0.3) is 0 Å². The minimum atomic E-state index is -0.702. The van der Waals surface area contributed by atoms with Crippen molar-refractivity contribution in [3.05, 3.63) is 59.7 Å². The lowest BCUT2D eigenvalue weighted by Gasteiger charge is -2.09. The van der Waals surface area contributed by atoms with Gasteiger partial charge in [-0.15, -0.1) is 0 Å². The molecule has 0 aliphatic heterocycles. The molecule has 0 amide bonds. The van der Waals surface area contributed by atoms with Gasteiger partial charge in [-0.25, -0.2) is 8.78 Å². The summed E-state index contributed by atoms with van der Waals surface area (Å²) in [5.41, 5.74) is 1.08. The maximum absolute atomic E-state index is 13.5. The number of nitrogens with one attached hydrogen (secondary N) is 1. The monoisotopic (exact) mass is 275 g/mol. The molecule has 20 heavy (non-hydrogen) atoms. The van der Waals surface area contributed by atoms with E-state index in [0.29, 0.717) is 11.8 Å². The zero-order chi connectivity index (χ0) is 13.9. The molecule has 1 fully saturated rings. The Hall–Kier alpha value is -1.94. The first-order valence-electron chi connectivity index (χ1n) is 6.66. The average Bonchev–Trinajstić information content (AvgIpc) is 3.24. The fourth-order valence-corrected chi connectivity index (χ4v) is 1.95. The molecule has 0 saturated heterocycles. The molecule has 0 atom stereocenters. The van der Waals surface area contributed by atoms with Crippen LogP contribution in [0.3, 0.4) is 0 Å². The van der Waals surface area contributed by atoms with Crippen LogP contribution in [0.5, 0.6) is 11.5 Å². The van der Waals surface area contributed by atoms with Crippen molar-refractivity contribution in [2.75, 3.05) is 0 Å². The third-order valence-corrected chi connectivity index (χ3v) is 3.19. The number of halogens is 2. The standard InChI is InChI=1S/C16H15F2NO/c17-12-4-7-16(15(18)9-12)20-14-3-1-2-11(8-14)10-19-13-5-6-13/h1-4,7-9,13,19H,5-6,10H2. The molecular weight excluding hydrogens is 260 g/mol. The van der Waals surface area contributed by atoms with E-state index in [1.165, 1.54) is 25.0 Å². The highest BCUT2D eigenvalue weighted by Crippen LogP contribution is 2.26. The second kappa shape index (κ2) is 5.59. The van der Waals surface area contributed by atoms with Crippen molar-refractivity contribution in [1.82, 2.24) is 5.32 Å². The van der Waals surface area contributed by atoms with E-state index in [-0.39, 0.29) is 5.75 Å². The molecule has 2 aromatic carbocycles. The van der Waals surface area contributed by atoms with E-state index in [0.717, 1.165) is 18.2 Å². The summed E-state index contributed by atoms with van der Waals surface area (Å²) < 4.78 is 31.8. The van der Waals surface area contributed by atoms with Crippen LogP contribution in [0.15, 0.2) is 42.5 Å². The lowest BCUT2D eigenvalue weighted by Crippen LogP contribution is -2.15. The molecule has 3 rings (SSSR count). The Balaban J connectivity index is 1.70. The summed E-state index contributed by atoms with van der Waals surface area (Å²) in [6, 6.07) is 11.4. The van der Waals surface area contributed by atoms with Gasteiger partial charge in [-0.2, -0.15) is 0 Å². The highest BCUT2D eigenvalue weighted by Gasteiger charge is 2.19. The van der Waals surface area contributed by atoms with E-state index in [1.807, 2.05) is 18.2 Å². The third-order valence-electron chi connectivity index (χ3n) is 3.19. The smallest absolute Gasteiger partial charge is 0.168 e. The summed E-state index contributed by atoms with van der Waals surface area (Å²) in [5, 5.41) is 3.40. The van der Waals surface area contributed by atoms with Crippen LogP contribution in [-0.4, -0.2) is 6.04 Å². The molecule has 4 heteroatoms. The zero-order valence-electron chi connectivity index (χ0n) is 10.9. The van der Waals surface area contributed by atoms with Gasteiger partial charge in [0, 0.05) is 18.7 Å². The van der Waals surface area contributed by atoms with Gasteiger partial charge in [0.05, 0.1) is 0 Å². The van der Waals surface area contributed by atoms with Gasteiger partial charge in [0.1, 0.15) is 11.6 Å². The van der Waals surface area contributed by atoms with Crippen LogP contribution < -0.4 is 10.1 Å². The molecule has 1 aliphatic rings. The fraction of sp³-hybridized carbons (Fsp3) is 0.250. The van der Waals surface area contributed by atoms with Crippen molar-refractivity contribution in [1.29, 1.82) is 0 Å². The lowest BCUT2D eigenvalue weighted by molar-refractivity contribution is 0.437. The topological polar surface area (TPSA) is 21.3 Å². The Kier molecular flexibility index (Phi) is 3.65. The number of hydrogen-bond donors (Lipinski definition) is 1. The SMILES string of the molecule is Fc1ccc(Oc2cccc(CNC3CC3)c2)c(F)c1. The van der Waals surface area contributed by atoms with Gasteiger partial charge in [0.25, 0.3) is 0 Å². The first-order chi connectivity index (χ1) is 9.70. The van der Waals surface area contributed by atoms with Gasteiger partial charge < -0.3 is 10.1 Å². The van der Waals surface area contributed by atoms with Gasteiger partial charge in [-0.1, -0.05) is 12.1 Å². The van der Waals surface area contributed by atoms with Crippen molar-refractivity contribution in [3.8, 4) is 11.5 Å². The molecule has 0 spiro atoms. The molecule has 2 nitrogen and oxygen atoms in total. The van der Waals surface area contributed by atoms with Gasteiger partial charge in [0.15, 0.2) is 11.6 Å². The van der Waals surface area contributed by atoms with Crippen LogP contribution in [0, 0.1) is 11.6 Å². The third kappa shape index (κ3) is 3.33. The number of rotatable bonds is 5. The minimum absolute atomic E-state index is 0.0266. The summed E-state index contributed by atoms with van der Waals surface area (Å²) in [6.07, 6.45) is 2.47. The molecule has 1 saturated carbocycles. The molecule has 0 heterocycles. The number of hydrogen-bond acceptors (Lipinski definition) is 2. The molecule has 1 N–H and O–H groups in total. The van der Waals surface area contributed by atoms with Gasteiger partial charge in [0.2, 0.25) is 0 Å². The quantitative estimate of drug-likeness (QED) is 0.890. The predicted octanol–water partition coefficient (Wildman–Crippen LogP) is 4.01. The van der Waals surface area contributed by atoms with E-state index in [1.54, 1.807) is 6.07 Å². The predicted molar refractivity (Wildman–Crippen MR) is 72.7 cm³/mol. The van der Waals surface area contributed by atoms with E-state index in [9.17, 15) is 8.78 Å². The fourth-order valence-electron chi connectivity index (χ4n) is 1.95. The van der Waals surface area contributed by atoms with Crippen LogP contribution in [0.2, 0.25) is 0 Å². The largest absolute Gasteiger partial charge is 0.454 e. The first kappa shape index (κ1) is 13.1. The molecule has 1 aliphatic carbocycles. The Morgan fingerprint density at radius 1 is 1.10 bits per heavy atom. The van der Waals surface area contributed by atoms with Crippen molar-refractivity contribution >= 4 is 0 Å². The highest BCUT2D eigenvalue weighted by atomic mass is 19.1. The van der Waals surface area contributed by atoms with Crippen LogP contribution >= 0.6 is 0 Å². The Morgan fingerprint density at radius 3 is 2.70 bits per heavy atom. The van der Waals surface area contributed by atoms with Crippen molar-refractivity contribution < 1.29 is 13.5 Å². The average molecular weight is 275 g/mol. The van der Waals surface area contributed by atoms with E-state index in [4.69, 9.17) is 4.74 Å². The molecular formula is C16H15F2NO. The van der Waals surface area contributed by atoms with Crippen LogP contribution in [0.1, 0.15) is 18.4 Å². The van der Waals surface area contributed by atoms with Crippen molar-refractivity contribution in [2.24, 2.45) is 0 Å². The maximum Gasteiger partial charge on any atom is 0.168 e. The minimum Gasteiger partial charge on any atom is -0.454 e. The lowest BCUT2D eigenvalue weighted by atomic mass is 10.2. The zero-order valence-corrected chi connectivity index (χ0v) is 10.9. The summed E-state index contributed by atoms with van der Waals surface area (Å²) in [4.78, 5) is 0. The van der Waals surface area contributed by atoms with Gasteiger partial charge >= 0.3 is 0 Å². The Labute approximate surface area is 116 Å². The molecule has 104 valence electrons. The van der Waals surface area contributed by atoms with Gasteiger partial charge in [-0.05, 0) is 42.7 Å². The Morgan fingerprint density at radius 2 is 1.95 bits per heavy atom. The summed E-state index contributed by atoms with van der Waals surface area (Å²) in [5.74, 6) is -0.743. The second-order valence-electron chi connectivity index (χ2n) is 4.98. The van der Waals surface area contributed by atoms with Crippen LogP contribution in [0.4, 0.5) is 8.78 Å². The molecule has 0 unspecified atom stereocenters. The summed E-state index contributed by atoms with van der Waals surface area (Å²) in [6.45, 7) is 0.772.